The van der Waals surface area contributed by atoms with Crippen LogP contribution in [0.4, 0.5) is 16.3 Å². The van der Waals surface area contributed by atoms with Crippen LogP contribution in [0.3, 0.4) is 0 Å². The number of aromatic nitrogens is 3. The van der Waals surface area contributed by atoms with Crippen molar-refractivity contribution in [3.8, 4) is 11.4 Å². The molecule has 1 aliphatic rings. The van der Waals surface area contributed by atoms with E-state index in [1.54, 1.807) is 6.20 Å². The summed E-state index contributed by atoms with van der Waals surface area (Å²) in [6.45, 7) is 8.83. The molecule has 0 saturated carbocycles. The normalized spacial score (nSPS) is 14.1. The van der Waals surface area contributed by atoms with Gasteiger partial charge in [0.25, 0.3) is 0 Å². The number of rotatable bonds is 4. The van der Waals surface area contributed by atoms with Crippen molar-refractivity contribution < 1.29 is 9.32 Å². The van der Waals surface area contributed by atoms with E-state index in [1.807, 2.05) is 49.1 Å². The first-order valence-corrected chi connectivity index (χ1v) is 10.2. The summed E-state index contributed by atoms with van der Waals surface area (Å²) in [6.07, 6.45) is 2.47. The number of carbonyl (C=O) groups is 1. The number of aryl methyl sites for hydroxylation is 3. The second-order valence-electron chi connectivity index (χ2n) is 7.47. The molecule has 3 heterocycles. The number of nitrogens with one attached hydrogen (secondary N) is 1. The van der Waals surface area contributed by atoms with E-state index in [0.717, 1.165) is 30.2 Å². The fraction of sp³-hybridized carbons (Fsp3) is 0.364. The molecule has 8 nitrogen and oxygen atoms in total. The molecule has 0 bridgehead atoms. The van der Waals surface area contributed by atoms with Gasteiger partial charge in [-0.15, -0.1) is 0 Å². The number of carbonyl (C=O) groups excluding carboxylic acids is 1. The summed E-state index contributed by atoms with van der Waals surface area (Å²) in [5.74, 6) is 2.05. The Bertz CT molecular complexity index is 1020. The second-order valence-corrected chi connectivity index (χ2v) is 7.47. The molecule has 30 heavy (non-hydrogen) atoms. The predicted molar refractivity (Wildman–Crippen MR) is 116 cm³/mol. The molecule has 1 aromatic carbocycles. The van der Waals surface area contributed by atoms with Crippen LogP contribution in [0.15, 0.2) is 41.1 Å². The quantitative estimate of drug-likeness (QED) is 0.711. The second kappa shape index (κ2) is 8.52. The van der Waals surface area contributed by atoms with Crippen LogP contribution in [0.1, 0.15) is 23.9 Å². The zero-order valence-corrected chi connectivity index (χ0v) is 17.6. The molecule has 2 aromatic heterocycles. The fourth-order valence-electron chi connectivity index (χ4n) is 3.38. The molecular weight excluding hydrogens is 380 g/mol. The molecule has 4 rings (SSSR count). The van der Waals surface area contributed by atoms with Crippen molar-refractivity contribution >= 4 is 17.5 Å². The van der Waals surface area contributed by atoms with E-state index in [4.69, 9.17) is 4.52 Å². The molecule has 0 unspecified atom stereocenters. The number of urea groups is 1. The Morgan fingerprint density at radius 2 is 1.90 bits per heavy atom. The summed E-state index contributed by atoms with van der Waals surface area (Å²) < 4.78 is 5.16. The topological polar surface area (TPSA) is 87.4 Å². The maximum atomic E-state index is 12.6. The van der Waals surface area contributed by atoms with Crippen molar-refractivity contribution in [2.75, 3.05) is 36.4 Å². The third kappa shape index (κ3) is 4.27. The van der Waals surface area contributed by atoms with Gasteiger partial charge < -0.3 is 19.6 Å². The van der Waals surface area contributed by atoms with Gasteiger partial charge in [-0.2, -0.15) is 4.98 Å². The zero-order valence-electron chi connectivity index (χ0n) is 17.6. The van der Waals surface area contributed by atoms with Crippen molar-refractivity contribution in [3.63, 3.8) is 0 Å². The first-order valence-electron chi connectivity index (χ1n) is 10.2. The minimum absolute atomic E-state index is 0.0648. The minimum Gasteiger partial charge on any atom is -0.353 e. The van der Waals surface area contributed by atoms with Crippen molar-refractivity contribution in [2.45, 2.75) is 27.2 Å². The molecule has 1 fully saturated rings. The van der Waals surface area contributed by atoms with E-state index >= 15 is 0 Å². The highest BCUT2D eigenvalue weighted by Crippen LogP contribution is 2.20. The van der Waals surface area contributed by atoms with Crippen LogP contribution in [-0.2, 0) is 6.42 Å². The van der Waals surface area contributed by atoms with Gasteiger partial charge in [0.2, 0.25) is 11.7 Å². The first-order chi connectivity index (χ1) is 14.5. The van der Waals surface area contributed by atoms with E-state index in [0.29, 0.717) is 31.2 Å². The highest BCUT2D eigenvalue weighted by Gasteiger charge is 2.22. The standard InChI is InChI=1S/C22H26N6O2/c1-4-20-25-21(26-30-20)17-6-8-19(23-14-17)27-9-11-28(12-10-27)22(29)24-18-7-5-15(2)16(3)13-18/h5-8,13-14H,4,9-12H2,1-3H3,(H,24,29). The number of hydrogen-bond acceptors (Lipinski definition) is 6. The van der Waals surface area contributed by atoms with Gasteiger partial charge in [-0.3, -0.25) is 0 Å². The van der Waals surface area contributed by atoms with Crippen LogP contribution >= 0.6 is 0 Å². The Morgan fingerprint density at radius 3 is 2.53 bits per heavy atom. The highest BCUT2D eigenvalue weighted by atomic mass is 16.5. The monoisotopic (exact) mass is 406 g/mol. The summed E-state index contributed by atoms with van der Waals surface area (Å²) in [7, 11) is 0. The van der Waals surface area contributed by atoms with Gasteiger partial charge in [0.1, 0.15) is 5.82 Å². The molecule has 1 N–H and O–H groups in total. The number of amides is 2. The van der Waals surface area contributed by atoms with Crippen LogP contribution in [0.25, 0.3) is 11.4 Å². The van der Waals surface area contributed by atoms with Gasteiger partial charge in [-0.1, -0.05) is 18.1 Å². The van der Waals surface area contributed by atoms with Gasteiger partial charge in [-0.25, -0.2) is 9.78 Å². The molecule has 3 aromatic rings. The third-order valence-corrected chi connectivity index (χ3v) is 5.43. The highest BCUT2D eigenvalue weighted by molar-refractivity contribution is 5.89. The van der Waals surface area contributed by atoms with Crippen LogP contribution in [-0.4, -0.2) is 52.2 Å². The van der Waals surface area contributed by atoms with Crippen molar-refractivity contribution in [1.29, 1.82) is 0 Å². The lowest BCUT2D eigenvalue weighted by Crippen LogP contribution is -2.50. The molecule has 2 amide bonds. The SMILES string of the molecule is CCc1nc(-c2ccc(N3CCN(C(=O)Nc4ccc(C)c(C)c4)CC3)nc2)no1. The number of piperazine rings is 1. The molecule has 0 spiro atoms. The molecule has 156 valence electrons. The van der Waals surface area contributed by atoms with Gasteiger partial charge in [0.15, 0.2) is 0 Å². The Balaban J connectivity index is 1.33. The van der Waals surface area contributed by atoms with Crippen LogP contribution < -0.4 is 10.2 Å². The Labute approximate surface area is 175 Å². The number of anilines is 2. The number of nitrogens with zero attached hydrogens (tertiary/aromatic N) is 5. The lowest BCUT2D eigenvalue weighted by Gasteiger charge is -2.35. The Kier molecular flexibility index (Phi) is 5.65. The number of hydrogen-bond donors (Lipinski definition) is 1. The first kappa shape index (κ1) is 19.9. The molecule has 0 radical (unpaired) electrons. The summed E-state index contributed by atoms with van der Waals surface area (Å²) in [6, 6.07) is 9.81. The van der Waals surface area contributed by atoms with Crippen molar-refractivity contribution in [2.24, 2.45) is 0 Å². The molecule has 0 aliphatic carbocycles. The summed E-state index contributed by atoms with van der Waals surface area (Å²) >= 11 is 0. The lowest BCUT2D eigenvalue weighted by atomic mass is 10.1. The summed E-state index contributed by atoms with van der Waals surface area (Å²) in [4.78, 5) is 25.5. The van der Waals surface area contributed by atoms with Gasteiger partial charge in [-0.05, 0) is 49.2 Å². The minimum atomic E-state index is -0.0648. The van der Waals surface area contributed by atoms with Gasteiger partial charge in [0, 0.05) is 50.0 Å². The number of benzene rings is 1. The molecular formula is C22H26N6O2. The average molecular weight is 406 g/mol. The van der Waals surface area contributed by atoms with E-state index in [9.17, 15) is 4.79 Å². The fourth-order valence-corrected chi connectivity index (χ4v) is 3.38. The van der Waals surface area contributed by atoms with E-state index < -0.39 is 0 Å². The smallest absolute Gasteiger partial charge is 0.321 e. The van der Waals surface area contributed by atoms with Crippen LogP contribution in [0.5, 0.6) is 0 Å². The molecule has 0 atom stereocenters. The maximum absolute atomic E-state index is 12.6. The molecule has 1 aliphatic heterocycles. The predicted octanol–water partition coefficient (Wildman–Crippen LogP) is 3.66. The van der Waals surface area contributed by atoms with Crippen molar-refractivity contribution in [3.05, 3.63) is 53.5 Å². The van der Waals surface area contributed by atoms with E-state index in [2.05, 4.69) is 32.3 Å². The van der Waals surface area contributed by atoms with Crippen molar-refractivity contribution in [1.82, 2.24) is 20.0 Å². The molecule has 8 heteroatoms. The van der Waals surface area contributed by atoms with Gasteiger partial charge >= 0.3 is 6.03 Å². The van der Waals surface area contributed by atoms with Gasteiger partial charge in [0.05, 0.1) is 0 Å². The Hall–Kier alpha value is -3.42. The molecule has 1 saturated heterocycles. The third-order valence-electron chi connectivity index (χ3n) is 5.43. The zero-order chi connectivity index (χ0) is 21.1. The summed E-state index contributed by atoms with van der Waals surface area (Å²) in [5.41, 5.74) is 4.04. The lowest BCUT2D eigenvalue weighted by molar-refractivity contribution is 0.208. The summed E-state index contributed by atoms with van der Waals surface area (Å²) in [5, 5.41) is 6.98. The van der Waals surface area contributed by atoms with E-state index in [-0.39, 0.29) is 6.03 Å². The maximum Gasteiger partial charge on any atom is 0.321 e. The largest absolute Gasteiger partial charge is 0.353 e. The Morgan fingerprint density at radius 1 is 1.10 bits per heavy atom. The number of pyridine rings is 1. The van der Waals surface area contributed by atoms with Crippen LogP contribution in [0.2, 0.25) is 0 Å². The van der Waals surface area contributed by atoms with Crippen LogP contribution in [0, 0.1) is 13.8 Å². The average Bonchev–Trinajstić information content (AvgIpc) is 3.26. The van der Waals surface area contributed by atoms with E-state index in [1.165, 1.54) is 11.1 Å².